The van der Waals surface area contributed by atoms with Crippen LogP contribution in [0.4, 0.5) is 0 Å². The van der Waals surface area contributed by atoms with E-state index in [2.05, 4.69) is 67.0 Å². The molecule has 1 aliphatic carbocycles. The van der Waals surface area contributed by atoms with E-state index in [0.29, 0.717) is 32.1 Å². The van der Waals surface area contributed by atoms with Gasteiger partial charge in [-0.2, -0.15) is 0 Å². The number of carbonyl (C=O) groups is 2. The van der Waals surface area contributed by atoms with Crippen LogP contribution in [0.25, 0.3) is 0 Å². The van der Waals surface area contributed by atoms with Crippen molar-refractivity contribution >= 4 is 27.6 Å². The Hall–Kier alpha value is -3.12. The maximum atomic E-state index is 13.0. The van der Waals surface area contributed by atoms with Crippen LogP contribution in [0.3, 0.4) is 0 Å². The smallest absolute Gasteiger partial charge is 0.462 e. The second-order valence-electron chi connectivity index (χ2n) is 15.6. The molecule has 9 atom stereocenters. The van der Waals surface area contributed by atoms with Crippen LogP contribution in [-0.4, -0.2) is 114 Å². The van der Waals surface area contributed by atoms with Crippen LogP contribution in [0.2, 0.25) is 0 Å². The van der Waals surface area contributed by atoms with E-state index in [1.165, 1.54) is 0 Å². The molecule has 0 bridgehead atoms. The SMILES string of the molecule is CC/C=C\C/C=C\C/C=C\CCCCCCCC(=O)OC[C@H](COP(=O)(O)O[C@H]1C(O)C(O)C(O)[C@@H](OP(=O)(O)O)C1O)OC(=O)CCC/C=C\C/C=C\C=C\C(O)C/C=C\C/C=C\CC. The van der Waals surface area contributed by atoms with E-state index in [1.807, 2.05) is 36.5 Å². The minimum absolute atomic E-state index is 0.0705. The summed E-state index contributed by atoms with van der Waals surface area (Å²) in [7, 11) is -10.7. The van der Waals surface area contributed by atoms with Crippen molar-refractivity contribution < 1.29 is 82.0 Å². The second kappa shape index (κ2) is 36.9. The summed E-state index contributed by atoms with van der Waals surface area (Å²) in [5.74, 6) is -1.34. The lowest BCUT2D eigenvalue weighted by molar-refractivity contribution is -0.216. The lowest BCUT2D eigenvalue weighted by atomic mass is 9.85. The van der Waals surface area contributed by atoms with E-state index in [4.69, 9.17) is 28.3 Å². The topological polar surface area (TPSA) is 276 Å². The number of hydrogen-bond donors (Lipinski definition) is 8. The zero-order chi connectivity index (χ0) is 49.1. The van der Waals surface area contributed by atoms with Crippen LogP contribution in [0, 0.1) is 0 Å². The molecule has 0 aliphatic heterocycles. The predicted molar refractivity (Wildman–Crippen MR) is 251 cm³/mol. The molecule has 66 heavy (non-hydrogen) atoms. The summed E-state index contributed by atoms with van der Waals surface area (Å²) in [5, 5.41) is 51.3. The van der Waals surface area contributed by atoms with Crippen molar-refractivity contribution in [3.05, 3.63) is 97.2 Å². The Morgan fingerprint density at radius 1 is 0.561 bits per heavy atom. The van der Waals surface area contributed by atoms with Gasteiger partial charge in [-0.3, -0.25) is 23.2 Å². The molecule has 8 N–H and O–H groups in total. The van der Waals surface area contributed by atoms with E-state index >= 15 is 0 Å². The Labute approximate surface area is 390 Å². The van der Waals surface area contributed by atoms with Crippen LogP contribution < -0.4 is 0 Å². The average molecular weight is 975 g/mol. The number of rotatable bonds is 36. The average Bonchev–Trinajstić information content (AvgIpc) is 3.27. The number of phosphoric ester groups is 2. The van der Waals surface area contributed by atoms with Crippen LogP contribution in [-0.2, 0) is 41.8 Å². The molecule has 0 saturated heterocycles. The molecule has 0 amide bonds. The maximum Gasteiger partial charge on any atom is 0.472 e. The Balaban J connectivity index is 2.70. The Kier molecular flexibility index (Phi) is 34.0. The highest BCUT2D eigenvalue weighted by molar-refractivity contribution is 7.47. The van der Waals surface area contributed by atoms with Crippen molar-refractivity contribution in [3.8, 4) is 0 Å². The van der Waals surface area contributed by atoms with Gasteiger partial charge in [0.05, 0.1) is 12.7 Å². The van der Waals surface area contributed by atoms with Gasteiger partial charge >= 0.3 is 27.6 Å². The van der Waals surface area contributed by atoms with Gasteiger partial charge in [0.25, 0.3) is 0 Å². The molecule has 0 spiro atoms. The fourth-order valence-corrected chi connectivity index (χ4v) is 7.76. The van der Waals surface area contributed by atoms with E-state index in [9.17, 15) is 49.1 Å². The summed E-state index contributed by atoms with van der Waals surface area (Å²) in [4.78, 5) is 54.2. The van der Waals surface area contributed by atoms with Gasteiger partial charge in [-0.05, 0) is 77.0 Å². The van der Waals surface area contributed by atoms with E-state index in [1.54, 1.807) is 12.2 Å². The number of allylic oxidation sites excluding steroid dienone is 14. The molecule has 1 aliphatic rings. The molecule has 0 heterocycles. The highest BCUT2D eigenvalue weighted by Crippen LogP contribution is 2.49. The highest BCUT2D eigenvalue weighted by atomic mass is 31.2. The molecule has 0 aromatic rings. The van der Waals surface area contributed by atoms with Crippen LogP contribution in [0.5, 0.6) is 0 Å². The third-order valence-corrected chi connectivity index (χ3v) is 11.2. The zero-order valence-electron chi connectivity index (χ0n) is 38.4. The van der Waals surface area contributed by atoms with Gasteiger partial charge in [-0.25, -0.2) is 9.13 Å². The molecule has 1 rings (SSSR count). The van der Waals surface area contributed by atoms with E-state index in [-0.39, 0.29) is 12.8 Å². The summed E-state index contributed by atoms with van der Waals surface area (Å²) < 4.78 is 49.2. The number of carbonyl (C=O) groups excluding carboxylic acids is 2. The number of aliphatic hydroxyl groups excluding tert-OH is 5. The third-order valence-electron chi connectivity index (χ3n) is 9.73. The standard InChI is InChI=1S/C47H76O17P2/c1-3-5-7-9-11-12-13-14-15-16-17-18-22-26-30-34-40(49)60-36-39(37-61-66(58,59)64-47-44(53)42(51)43(52)46(45(47)54)63-65(55,56)57)62-41(50)35-31-27-23-20-19-21-25-29-33-38(48)32-28-24-10-8-6-4-2/h5-8,11-12,14-15,20-21,23-25,28-29,33,38-39,42-48,51-54H,3-4,9-10,13,16-19,22,26-27,30-32,34-37H2,1-2H3,(H,58,59)(H2,55,56,57)/b7-5-,8-6-,12-11-,15-14-,23-20-,25-21-,28-24-,33-29+/t38?,39-,42?,43?,44?,45?,46-,47+/m1/s1. The van der Waals surface area contributed by atoms with Crippen molar-refractivity contribution in [1.29, 1.82) is 0 Å². The van der Waals surface area contributed by atoms with Gasteiger partial charge in [-0.1, -0.05) is 130 Å². The highest BCUT2D eigenvalue weighted by Gasteiger charge is 2.54. The maximum absolute atomic E-state index is 13.0. The van der Waals surface area contributed by atoms with Crippen LogP contribution >= 0.6 is 15.6 Å². The Bertz CT molecular complexity index is 1670. The third kappa shape index (κ3) is 31.0. The number of phosphoric acid groups is 2. The van der Waals surface area contributed by atoms with Gasteiger partial charge in [0.2, 0.25) is 0 Å². The number of unbranched alkanes of at least 4 members (excludes halogenated alkanes) is 6. The minimum atomic E-state index is -5.38. The molecule has 17 nitrogen and oxygen atoms in total. The molecule has 19 heteroatoms. The molecule has 0 aromatic carbocycles. The summed E-state index contributed by atoms with van der Waals surface area (Å²) in [6.45, 7) is 2.73. The monoisotopic (exact) mass is 974 g/mol. The lowest BCUT2D eigenvalue weighted by Crippen LogP contribution is -2.64. The van der Waals surface area contributed by atoms with E-state index in [0.717, 1.165) is 64.2 Å². The molecule has 6 unspecified atom stereocenters. The molecule has 376 valence electrons. The summed E-state index contributed by atoms with van der Waals surface area (Å²) >= 11 is 0. The first-order valence-electron chi connectivity index (χ1n) is 22.9. The minimum Gasteiger partial charge on any atom is -0.462 e. The predicted octanol–water partition coefficient (Wildman–Crippen LogP) is 7.36. The number of ether oxygens (including phenoxy) is 2. The second-order valence-corrected chi connectivity index (χ2v) is 18.2. The quantitative estimate of drug-likeness (QED) is 0.0100. The van der Waals surface area contributed by atoms with Gasteiger partial charge < -0.3 is 49.7 Å². The van der Waals surface area contributed by atoms with Crippen molar-refractivity contribution in [2.24, 2.45) is 0 Å². The normalized spacial score (nSPS) is 22.9. The van der Waals surface area contributed by atoms with Crippen molar-refractivity contribution in [3.63, 3.8) is 0 Å². The summed E-state index contributed by atoms with van der Waals surface area (Å²) in [6.07, 6.45) is 28.3. The molecule has 0 aromatic heterocycles. The van der Waals surface area contributed by atoms with Gasteiger partial charge in [-0.15, -0.1) is 0 Å². The molecule has 1 saturated carbocycles. The molecule has 0 radical (unpaired) electrons. The van der Waals surface area contributed by atoms with Crippen molar-refractivity contribution in [2.75, 3.05) is 13.2 Å². The zero-order valence-corrected chi connectivity index (χ0v) is 40.2. The number of esters is 2. The van der Waals surface area contributed by atoms with Gasteiger partial charge in [0, 0.05) is 12.8 Å². The largest absolute Gasteiger partial charge is 0.472 e. The summed E-state index contributed by atoms with van der Waals surface area (Å²) in [6, 6.07) is 0. The number of aliphatic hydroxyl groups is 5. The fourth-order valence-electron chi connectivity index (χ4n) is 6.22. The first-order chi connectivity index (χ1) is 31.5. The number of hydrogen-bond acceptors (Lipinski definition) is 14. The Morgan fingerprint density at radius 3 is 1.70 bits per heavy atom. The van der Waals surface area contributed by atoms with Crippen molar-refractivity contribution in [1.82, 2.24) is 0 Å². The first kappa shape index (κ1) is 60.9. The first-order valence-corrected chi connectivity index (χ1v) is 25.9. The molecular formula is C47H76O17P2. The van der Waals surface area contributed by atoms with Crippen LogP contribution in [0.15, 0.2) is 97.2 Å². The van der Waals surface area contributed by atoms with Gasteiger partial charge in [0.1, 0.15) is 43.2 Å². The summed E-state index contributed by atoms with van der Waals surface area (Å²) in [5.41, 5.74) is 0. The van der Waals surface area contributed by atoms with Crippen LogP contribution in [0.1, 0.15) is 123 Å². The fraction of sp³-hybridized carbons (Fsp3) is 0.617. The molecule has 1 fully saturated rings. The van der Waals surface area contributed by atoms with Crippen molar-refractivity contribution in [2.45, 2.75) is 172 Å². The molecular weight excluding hydrogens is 898 g/mol. The van der Waals surface area contributed by atoms with E-state index < -0.39 is 89.6 Å². The van der Waals surface area contributed by atoms with Gasteiger partial charge in [0.15, 0.2) is 6.10 Å². The Morgan fingerprint density at radius 2 is 1.08 bits per heavy atom. The lowest BCUT2D eigenvalue weighted by Gasteiger charge is -2.43.